The Bertz CT molecular complexity index is 172. The minimum atomic E-state index is 0. The Morgan fingerprint density at radius 2 is 1.50 bits per heavy atom. The van der Waals surface area contributed by atoms with Crippen LogP contribution in [0, 0.1) is 7.43 Å². The average molecular weight is 240 g/mol. The van der Waals surface area contributed by atoms with Crippen LogP contribution in [0.25, 0.3) is 0 Å². The van der Waals surface area contributed by atoms with Crippen LogP contribution in [0.2, 0.25) is 0 Å². The summed E-state index contributed by atoms with van der Waals surface area (Å²) >= 11 is 0. The number of benzene rings is 1. The largest absolute Gasteiger partial charge is 0.358 e. The predicted molar refractivity (Wildman–Crippen MR) is 49.6 cm³/mol. The van der Waals surface area contributed by atoms with Gasteiger partial charge in [-0.05, 0) is 0 Å². The van der Waals surface area contributed by atoms with E-state index < -0.39 is 0 Å². The summed E-state index contributed by atoms with van der Waals surface area (Å²) < 4.78 is 0. The third kappa shape index (κ3) is 8.09. The van der Waals surface area contributed by atoms with Crippen LogP contribution in [-0.4, -0.2) is 6.29 Å². The van der Waals surface area contributed by atoms with Crippen LogP contribution in [0.4, 0.5) is 0 Å². The van der Waals surface area contributed by atoms with Gasteiger partial charge in [0.05, 0.1) is 0 Å². The van der Waals surface area contributed by atoms with Crippen LogP contribution in [0.1, 0.15) is 24.2 Å². The summed E-state index contributed by atoms with van der Waals surface area (Å²) in [6.45, 7) is 4.00. The molecule has 2 heteroatoms. The molecular weight excluding hydrogens is 225 g/mol. The molecular formula is C10H15OY-. The minimum absolute atomic E-state index is 0. The zero-order valence-electron chi connectivity index (χ0n) is 7.95. The molecule has 1 aromatic rings. The van der Waals surface area contributed by atoms with E-state index in [2.05, 4.69) is 0 Å². The summed E-state index contributed by atoms with van der Waals surface area (Å²) in [5.41, 5.74) is 0.729. The molecule has 0 saturated heterocycles. The maximum Gasteiger partial charge on any atom is 0.150 e. The maximum atomic E-state index is 10.0. The summed E-state index contributed by atoms with van der Waals surface area (Å²) in [7, 11) is 0. The van der Waals surface area contributed by atoms with Gasteiger partial charge in [0.25, 0.3) is 0 Å². The van der Waals surface area contributed by atoms with E-state index in [9.17, 15) is 4.79 Å². The number of rotatable bonds is 1. The van der Waals surface area contributed by atoms with E-state index in [1.807, 2.05) is 32.0 Å². The van der Waals surface area contributed by atoms with E-state index >= 15 is 0 Å². The second-order valence-corrected chi connectivity index (χ2v) is 1.53. The molecule has 1 aromatic carbocycles. The van der Waals surface area contributed by atoms with Gasteiger partial charge >= 0.3 is 0 Å². The molecule has 0 aliphatic rings. The first kappa shape index (κ1) is 17.9. The Balaban J connectivity index is -0.000000189. The first-order chi connectivity index (χ1) is 4.93. The van der Waals surface area contributed by atoms with Crippen LogP contribution >= 0.6 is 0 Å². The van der Waals surface area contributed by atoms with Crippen LogP contribution in [-0.2, 0) is 32.7 Å². The molecule has 0 saturated carbocycles. The Hall–Kier alpha value is -0.00610. The minimum Gasteiger partial charge on any atom is -0.358 e. The molecule has 1 radical (unpaired) electrons. The van der Waals surface area contributed by atoms with E-state index in [-0.39, 0.29) is 40.1 Å². The zero-order chi connectivity index (χ0) is 7.82. The molecule has 0 unspecified atom stereocenters. The van der Waals surface area contributed by atoms with Crippen molar-refractivity contribution in [2.24, 2.45) is 0 Å². The summed E-state index contributed by atoms with van der Waals surface area (Å²) in [4.78, 5) is 10.0. The molecule has 0 heterocycles. The van der Waals surface area contributed by atoms with Crippen molar-refractivity contribution in [1.29, 1.82) is 0 Å². The first-order valence-corrected chi connectivity index (χ1v) is 3.44. The van der Waals surface area contributed by atoms with E-state index in [1.54, 1.807) is 12.1 Å². The van der Waals surface area contributed by atoms with Crippen LogP contribution in [0.5, 0.6) is 0 Å². The number of carbonyl (C=O) groups excluding carboxylic acids is 1. The first-order valence-electron chi connectivity index (χ1n) is 3.44. The fourth-order valence-corrected chi connectivity index (χ4v) is 0.532. The van der Waals surface area contributed by atoms with Crippen LogP contribution in [0.3, 0.4) is 0 Å². The van der Waals surface area contributed by atoms with Crippen molar-refractivity contribution in [2.45, 2.75) is 13.8 Å². The topological polar surface area (TPSA) is 17.1 Å². The van der Waals surface area contributed by atoms with Gasteiger partial charge in [0, 0.05) is 38.3 Å². The molecule has 0 spiro atoms. The molecule has 0 aromatic heterocycles. The summed E-state index contributed by atoms with van der Waals surface area (Å²) in [6, 6.07) is 9.10. The normalized spacial score (nSPS) is 6.17. The van der Waals surface area contributed by atoms with Crippen LogP contribution < -0.4 is 0 Å². The van der Waals surface area contributed by atoms with Gasteiger partial charge in [0.2, 0.25) is 0 Å². The Kier molecular flexibility index (Phi) is 20.3. The molecule has 0 aliphatic heterocycles. The molecule has 0 aliphatic carbocycles. The van der Waals surface area contributed by atoms with E-state index in [4.69, 9.17) is 0 Å². The quantitative estimate of drug-likeness (QED) is 0.544. The summed E-state index contributed by atoms with van der Waals surface area (Å²) in [6.07, 6.45) is 0.833. The van der Waals surface area contributed by atoms with Crippen molar-refractivity contribution in [1.82, 2.24) is 0 Å². The number of carbonyl (C=O) groups is 1. The van der Waals surface area contributed by atoms with Crippen molar-refractivity contribution >= 4 is 6.29 Å². The number of hydrogen-bond acceptors (Lipinski definition) is 1. The molecule has 0 atom stereocenters. The second kappa shape index (κ2) is 13.6. The summed E-state index contributed by atoms with van der Waals surface area (Å²) in [5.74, 6) is 0. The van der Waals surface area contributed by atoms with E-state index in [0.717, 1.165) is 11.8 Å². The third-order valence-corrected chi connectivity index (χ3v) is 0.936. The molecule has 65 valence electrons. The van der Waals surface area contributed by atoms with Gasteiger partial charge in [-0.2, -0.15) is 0 Å². The number of aldehydes is 1. The zero-order valence-corrected chi connectivity index (χ0v) is 10.8. The van der Waals surface area contributed by atoms with Crippen molar-refractivity contribution < 1.29 is 37.5 Å². The number of hydrogen-bond donors (Lipinski definition) is 0. The van der Waals surface area contributed by atoms with E-state index in [0.29, 0.717) is 0 Å². The smallest absolute Gasteiger partial charge is 0.150 e. The van der Waals surface area contributed by atoms with Gasteiger partial charge < -0.3 is 7.43 Å². The Morgan fingerprint density at radius 3 is 1.75 bits per heavy atom. The SMILES string of the molecule is CC.O=Cc1ccccc1.[CH3-].[Y]. The van der Waals surface area contributed by atoms with Crippen molar-refractivity contribution in [2.75, 3.05) is 0 Å². The molecule has 12 heavy (non-hydrogen) atoms. The van der Waals surface area contributed by atoms with Gasteiger partial charge in [-0.1, -0.05) is 44.2 Å². The van der Waals surface area contributed by atoms with Gasteiger partial charge in [-0.15, -0.1) is 0 Å². The maximum absolute atomic E-state index is 10.0. The molecule has 0 bridgehead atoms. The van der Waals surface area contributed by atoms with Gasteiger partial charge in [0.15, 0.2) is 0 Å². The summed E-state index contributed by atoms with van der Waals surface area (Å²) in [5, 5.41) is 0. The van der Waals surface area contributed by atoms with Gasteiger partial charge in [-0.25, -0.2) is 0 Å². The molecule has 0 N–H and O–H groups in total. The monoisotopic (exact) mass is 240 g/mol. The second-order valence-electron chi connectivity index (χ2n) is 1.53. The van der Waals surface area contributed by atoms with Crippen molar-refractivity contribution in [3.63, 3.8) is 0 Å². The Labute approximate surface area is 100 Å². The average Bonchev–Trinajstić information content (AvgIpc) is 2.10. The third-order valence-electron chi connectivity index (χ3n) is 0.936. The molecule has 0 amide bonds. The standard InChI is InChI=1S/C7H6O.C2H6.CH3.Y/c8-6-7-4-2-1-3-5-7;1-2;;/h1-6H;1-2H3;1H3;/q;;-1;. The molecule has 0 fully saturated rings. The van der Waals surface area contributed by atoms with Crippen LogP contribution in [0.15, 0.2) is 30.3 Å². The van der Waals surface area contributed by atoms with Gasteiger partial charge in [-0.3, -0.25) is 4.79 Å². The molecule has 1 nitrogen and oxygen atoms in total. The van der Waals surface area contributed by atoms with Crippen molar-refractivity contribution in [3.8, 4) is 0 Å². The Morgan fingerprint density at radius 1 is 1.08 bits per heavy atom. The fraction of sp³-hybridized carbons (Fsp3) is 0.200. The van der Waals surface area contributed by atoms with Gasteiger partial charge in [0.1, 0.15) is 6.29 Å². The molecule has 1 rings (SSSR count). The van der Waals surface area contributed by atoms with E-state index in [1.165, 1.54) is 0 Å². The van der Waals surface area contributed by atoms with Crippen molar-refractivity contribution in [3.05, 3.63) is 43.3 Å². The predicted octanol–water partition coefficient (Wildman–Crippen LogP) is 2.97. The fourth-order valence-electron chi connectivity index (χ4n) is 0.532.